The monoisotopic (exact) mass is 742 g/mol. The van der Waals surface area contributed by atoms with Crippen LogP contribution in [-0.2, 0) is 19.1 Å². The smallest absolute Gasteiger partial charge is 0.244 e. The number of thioether (sulfide) groups is 2. The first-order valence-electron chi connectivity index (χ1n) is 16.4. The number of anilines is 5. The Morgan fingerprint density at radius 1 is 0.647 bits per heavy atom. The third kappa shape index (κ3) is 9.83. The summed E-state index contributed by atoms with van der Waals surface area (Å²) in [4.78, 5) is 44.2. The molecule has 4 aromatic rings. The molecule has 0 atom stereocenters. The third-order valence-corrected chi connectivity index (χ3v) is 10.3. The van der Waals surface area contributed by atoms with Crippen LogP contribution in [0.4, 0.5) is 34.4 Å². The van der Waals surface area contributed by atoms with Gasteiger partial charge in [0.15, 0.2) is 5.17 Å². The van der Waals surface area contributed by atoms with Crippen molar-refractivity contribution in [3.8, 4) is 0 Å². The summed E-state index contributed by atoms with van der Waals surface area (Å²) >= 11 is 7.84. The summed E-state index contributed by atoms with van der Waals surface area (Å²) in [6.07, 6.45) is 3.33. The van der Waals surface area contributed by atoms with Crippen molar-refractivity contribution in [1.82, 2.24) is 9.97 Å². The molecule has 0 radical (unpaired) electrons. The number of aliphatic imine (C=N–C) groups is 1. The van der Waals surface area contributed by atoms with Gasteiger partial charge in [-0.1, -0.05) is 47.9 Å². The number of nitrogens with zero attached hydrogens (tertiary/aromatic N) is 7. The lowest BCUT2D eigenvalue weighted by Gasteiger charge is -2.28. The number of thiocarbonyl (C=S) groups is 1. The van der Waals surface area contributed by atoms with Crippen LogP contribution in [0.1, 0.15) is 0 Å². The summed E-state index contributed by atoms with van der Waals surface area (Å²) < 4.78 is 11.3. The van der Waals surface area contributed by atoms with Crippen molar-refractivity contribution in [2.45, 2.75) is 0 Å². The molecule has 4 fully saturated rings. The number of amidine groups is 1. The number of benzene rings is 2. The van der Waals surface area contributed by atoms with E-state index in [0.29, 0.717) is 32.6 Å². The SMILES string of the molecule is Nc1ccc(N2CCOCC2)cc1.O=C1CSC(=Nc2ccc(N3CCOCC3)cc2)N1c1ccccn1.O=C1CSC(=S)N1c1ccccn1. The molecule has 2 N–H and O–H groups in total. The van der Waals surface area contributed by atoms with Crippen molar-refractivity contribution in [3.05, 3.63) is 97.3 Å². The summed E-state index contributed by atoms with van der Waals surface area (Å²) in [6.45, 7) is 6.95. The fourth-order valence-electron chi connectivity index (χ4n) is 5.39. The Kier molecular flexibility index (Phi) is 12.9. The van der Waals surface area contributed by atoms with Gasteiger partial charge in [0.05, 0.1) is 43.6 Å². The maximum atomic E-state index is 12.2. The molecular formula is C36H38N8O4S3. The van der Waals surface area contributed by atoms with Crippen molar-refractivity contribution < 1.29 is 19.1 Å². The van der Waals surface area contributed by atoms with E-state index >= 15 is 0 Å². The van der Waals surface area contributed by atoms with Crippen LogP contribution in [0.2, 0.25) is 0 Å². The molecular weight excluding hydrogens is 705 g/mol. The van der Waals surface area contributed by atoms with Crippen LogP contribution in [0.5, 0.6) is 0 Å². The summed E-state index contributed by atoms with van der Waals surface area (Å²) in [5.74, 6) is 2.06. The third-order valence-electron chi connectivity index (χ3n) is 7.99. The minimum atomic E-state index is 0.00684. The van der Waals surface area contributed by atoms with E-state index in [0.717, 1.165) is 64.0 Å². The fourth-order valence-corrected chi connectivity index (χ4v) is 7.34. The molecule has 0 aliphatic carbocycles. The van der Waals surface area contributed by atoms with Gasteiger partial charge in [0.25, 0.3) is 0 Å². The van der Waals surface area contributed by atoms with Crippen molar-refractivity contribution >= 4 is 91.4 Å². The van der Waals surface area contributed by atoms with E-state index in [1.54, 1.807) is 29.4 Å². The number of pyridine rings is 2. The second-order valence-corrected chi connectivity index (χ2v) is 13.9. The number of rotatable bonds is 5. The van der Waals surface area contributed by atoms with E-state index in [2.05, 4.69) is 49.0 Å². The number of carbonyl (C=O) groups excluding carboxylic acids is 2. The Balaban J connectivity index is 0.000000145. The van der Waals surface area contributed by atoms with Crippen LogP contribution in [0, 0.1) is 0 Å². The number of nitrogens with two attached hydrogens (primary N) is 1. The summed E-state index contributed by atoms with van der Waals surface area (Å²) in [7, 11) is 0. The lowest BCUT2D eigenvalue weighted by Crippen LogP contribution is -2.36. The van der Waals surface area contributed by atoms with Gasteiger partial charge >= 0.3 is 0 Å². The first-order valence-corrected chi connectivity index (χ1v) is 18.8. The Labute approximate surface area is 311 Å². The topological polar surface area (TPSA) is 130 Å². The molecule has 6 heterocycles. The highest BCUT2D eigenvalue weighted by Crippen LogP contribution is 2.29. The Morgan fingerprint density at radius 3 is 1.63 bits per heavy atom. The fraction of sp³-hybridized carbons (Fsp3) is 0.278. The number of morpholine rings is 2. The van der Waals surface area contributed by atoms with Gasteiger partial charge in [0.1, 0.15) is 16.0 Å². The molecule has 15 heteroatoms. The van der Waals surface area contributed by atoms with Gasteiger partial charge in [-0.15, -0.1) is 0 Å². The Bertz CT molecular complexity index is 1770. The van der Waals surface area contributed by atoms with Crippen molar-refractivity contribution in [2.75, 3.05) is 89.4 Å². The van der Waals surface area contributed by atoms with Crippen LogP contribution in [0.25, 0.3) is 0 Å². The average molecular weight is 743 g/mol. The molecule has 0 spiro atoms. The van der Waals surface area contributed by atoms with E-state index in [-0.39, 0.29) is 11.8 Å². The van der Waals surface area contributed by atoms with Gasteiger partial charge in [0.2, 0.25) is 11.8 Å². The normalized spacial score (nSPS) is 18.4. The molecule has 51 heavy (non-hydrogen) atoms. The van der Waals surface area contributed by atoms with Crippen LogP contribution in [0.3, 0.4) is 0 Å². The van der Waals surface area contributed by atoms with E-state index in [1.807, 2.05) is 48.5 Å². The number of aromatic nitrogens is 2. The zero-order chi connectivity index (χ0) is 35.4. The lowest BCUT2D eigenvalue weighted by molar-refractivity contribution is -0.115. The van der Waals surface area contributed by atoms with E-state index in [4.69, 9.17) is 27.4 Å². The number of carbonyl (C=O) groups is 2. The predicted molar refractivity (Wildman–Crippen MR) is 211 cm³/mol. The van der Waals surface area contributed by atoms with Gasteiger partial charge in [-0.25, -0.2) is 24.8 Å². The molecule has 4 aliphatic heterocycles. The molecule has 0 unspecified atom stereocenters. The van der Waals surface area contributed by atoms with Crippen LogP contribution in [0.15, 0.2) is 102 Å². The first-order chi connectivity index (χ1) is 25.0. The van der Waals surface area contributed by atoms with E-state index < -0.39 is 0 Å². The van der Waals surface area contributed by atoms with E-state index in [9.17, 15) is 9.59 Å². The molecule has 2 aromatic carbocycles. The maximum absolute atomic E-state index is 12.2. The second kappa shape index (κ2) is 18.1. The minimum Gasteiger partial charge on any atom is -0.399 e. The highest BCUT2D eigenvalue weighted by molar-refractivity contribution is 8.24. The van der Waals surface area contributed by atoms with Gasteiger partial charge in [-0.05, 0) is 72.8 Å². The number of nitrogen functional groups attached to an aromatic ring is 1. The summed E-state index contributed by atoms with van der Waals surface area (Å²) in [6, 6.07) is 27.0. The van der Waals surface area contributed by atoms with Crippen LogP contribution >= 0.6 is 35.7 Å². The largest absolute Gasteiger partial charge is 0.399 e. The number of ether oxygens (including phenoxy) is 2. The Morgan fingerprint density at radius 2 is 1.14 bits per heavy atom. The zero-order valence-corrected chi connectivity index (χ0v) is 30.3. The second-order valence-electron chi connectivity index (χ2n) is 11.4. The highest BCUT2D eigenvalue weighted by Gasteiger charge is 2.31. The van der Waals surface area contributed by atoms with Gasteiger partial charge < -0.3 is 25.0 Å². The lowest BCUT2D eigenvalue weighted by atomic mass is 10.2. The number of amides is 2. The first kappa shape index (κ1) is 36.3. The van der Waals surface area contributed by atoms with Gasteiger partial charge in [0, 0.05) is 55.6 Å². The van der Waals surface area contributed by atoms with Crippen molar-refractivity contribution in [2.24, 2.45) is 4.99 Å². The molecule has 4 saturated heterocycles. The number of hydrogen-bond acceptors (Lipinski definition) is 13. The average Bonchev–Trinajstić information content (AvgIpc) is 3.73. The molecule has 8 rings (SSSR count). The zero-order valence-electron chi connectivity index (χ0n) is 27.9. The molecule has 264 valence electrons. The van der Waals surface area contributed by atoms with Crippen molar-refractivity contribution in [3.63, 3.8) is 0 Å². The Hall–Kier alpha value is -4.54. The molecule has 0 bridgehead atoms. The summed E-state index contributed by atoms with van der Waals surface area (Å²) in [5.41, 5.74) is 9.66. The molecule has 4 aliphatic rings. The van der Waals surface area contributed by atoms with E-state index in [1.165, 1.54) is 39.8 Å². The van der Waals surface area contributed by atoms with Crippen LogP contribution < -0.4 is 25.3 Å². The van der Waals surface area contributed by atoms with Gasteiger partial charge in [-0.3, -0.25) is 9.59 Å². The molecule has 0 saturated carbocycles. The molecule has 2 aromatic heterocycles. The minimum absolute atomic E-state index is 0.00684. The van der Waals surface area contributed by atoms with Gasteiger partial charge in [-0.2, -0.15) is 0 Å². The standard InChI is InChI=1S/C18H18N4O2S.C10H14N2O.C8H6N2OS2/c23-17-13-25-18(22(17)16-3-1-2-8-19-16)20-14-4-6-15(7-5-14)21-9-11-24-12-10-21;11-9-1-3-10(4-2-9)12-5-7-13-8-6-12;11-7-5-13-8(12)10(7)6-3-1-2-4-9-6/h1-8H,9-13H2;1-4H,5-8,11H2;1-4H,5H2. The van der Waals surface area contributed by atoms with Crippen LogP contribution in [-0.4, -0.2) is 95.4 Å². The van der Waals surface area contributed by atoms with Crippen molar-refractivity contribution in [1.29, 1.82) is 0 Å². The molecule has 12 nitrogen and oxygen atoms in total. The molecule has 2 amide bonds. The predicted octanol–water partition coefficient (Wildman–Crippen LogP) is 5.24. The highest BCUT2D eigenvalue weighted by atomic mass is 32.2. The number of hydrogen-bond donors (Lipinski definition) is 1. The quantitative estimate of drug-likeness (QED) is 0.212. The summed E-state index contributed by atoms with van der Waals surface area (Å²) in [5, 5.41) is 0.669. The maximum Gasteiger partial charge on any atom is 0.244 e.